The summed E-state index contributed by atoms with van der Waals surface area (Å²) in [6.45, 7) is 4.22. The van der Waals surface area contributed by atoms with Crippen molar-refractivity contribution < 1.29 is 19.0 Å². The van der Waals surface area contributed by atoms with E-state index in [9.17, 15) is 9.59 Å². The van der Waals surface area contributed by atoms with Crippen LogP contribution in [0.15, 0.2) is 81.7 Å². The Labute approximate surface area is 223 Å². The highest BCUT2D eigenvalue weighted by Gasteiger charge is 2.35. The van der Waals surface area contributed by atoms with Crippen LogP contribution in [-0.2, 0) is 9.53 Å². The molecule has 0 N–H and O–H groups in total. The lowest BCUT2D eigenvalue weighted by atomic mass is 9.94. The number of benzene rings is 3. The average Bonchev–Trinajstić information content (AvgIpc) is 3.24. The number of nitrogens with zero attached hydrogens (tertiary/aromatic N) is 2. The van der Waals surface area contributed by atoms with Crippen molar-refractivity contribution in [1.82, 2.24) is 4.57 Å². The summed E-state index contributed by atoms with van der Waals surface area (Å²) in [5.41, 5.74) is 2.09. The Morgan fingerprint density at radius 2 is 1.84 bits per heavy atom. The Balaban J connectivity index is 1.79. The SMILES string of the molecule is CCCOc1c(OC)cccc1[C@H]1C(C(=O)OC)=C(C)N=c2sc(=Cc3cccc4ccccc34)c(=O)n21. The minimum Gasteiger partial charge on any atom is -0.493 e. The lowest BCUT2D eigenvalue weighted by Crippen LogP contribution is -2.40. The van der Waals surface area contributed by atoms with Gasteiger partial charge >= 0.3 is 5.97 Å². The van der Waals surface area contributed by atoms with Crippen molar-refractivity contribution in [3.63, 3.8) is 0 Å². The molecule has 0 spiro atoms. The second kappa shape index (κ2) is 10.7. The van der Waals surface area contributed by atoms with Crippen molar-refractivity contribution in [3.05, 3.63) is 103 Å². The summed E-state index contributed by atoms with van der Waals surface area (Å²) in [5.74, 6) is 0.457. The van der Waals surface area contributed by atoms with E-state index in [1.807, 2.05) is 67.6 Å². The minimum atomic E-state index is -0.796. The fourth-order valence-electron chi connectivity index (χ4n) is 4.77. The first-order chi connectivity index (χ1) is 18.5. The van der Waals surface area contributed by atoms with Gasteiger partial charge in [0.2, 0.25) is 0 Å². The second-order valence-corrected chi connectivity index (χ2v) is 9.88. The molecule has 0 unspecified atom stereocenters. The van der Waals surface area contributed by atoms with Crippen LogP contribution >= 0.6 is 11.3 Å². The molecule has 0 aliphatic carbocycles. The number of aromatic nitrogens is 1. The molecular weight excluding hydrogens is 500 g/mol. The van der Waals surface area contributed by atoms with Gasteiger partial charge in [0.05, 0.1) is 36.6 Å². The number of allylic oxidation sites excluding steroid dienone is 1. The van der Waals surface area contributed by atoms with E-state index in [4.69, 9.17) is 14.2 Å². The molecule has 3 aromatic carbocycles. The number of ether oxygens (including phenoxy) is 3. The molecule has 1 atom stereocenters. The molecule has 0 fully saturated rings. The van der Waals surface area contributed by atoms with Gasteiger partial charge in [-0.25, -0.2) is 9.79 Å². The van der Waals surface area contributed by atoms with Crippen LogP contribution in [-0.4, -0.2) is 31.4 Å². The van der Waals surface area contributed by atoms with Crippen LogP contribution in [0.2, 0.25) is 0 Å². The van der Waals surface area contributed by atoms with Crippen molar-refractivity contribution >= 4 is 34.2 Å². The molecule has 8 heteroatoms. The molecule has 5 rings (SSSR count). The largest absolute Gasteiger partial charge is 0.493 e. The zero-order valence-corrected chi connectivity index (χ0v) is 22.5. The highest BCUT2D eigenvalue weighted by atomic mass is 32.1. The first-order valence-corrected chi connectivity index (χ1v) is 13.2. The number of carbonyl (C=O) groups is 1. The van der Waals surface area contributed by atoms with E-state index in [0.717, 1.165) is 22.8 Å². The standard InChI is InChI=1S/C30H28N2O5S/c1-5-16-37-27-22(14-9-15-23(27)35-3)26-25(29(34)36-4)18(2)31-30-32(26)28(33)24(38-30)17-20-12-8-11-19-10-6-7-13-21(19)20/h6-15,17,26H,5,16H2,1-4H3/t26-/m0/s1. The van der Waals surface area contributed by atoms with Gasteiger partial charge in [-0.3, -0.25) is 9.36 Å². The van der Waals surface area contributed by atoms with E-state index >= 15 is 0 Å². The van der Waals surface area contributed by atoms with Gasteiger partial charge in [0.25, 0.3) is 5.56 Å². The topological polar surface area (TPSA) is 79.1 Å². The average molecular weight is 529 g/mol. The van der Waals surface area contributed by atoms with Gasteiger partial charge in [-0.2, -0.15) is 0 Å². The Morgan fingerprint density at radius 1 is 1.08 bits per heavy atom. The summed E-state index contributed by atoms with van der Waals surface area (Å²) in [4.78, 5) is 32.3. The summed E-state index contributed by atoms with van der Waals surface area (Å²) in [6.07, 6.45) is 2.67. The van der Waals surface area contributed by atoms with Crippen molar-refractivity contribution in [2.75, 3.05) is 20.8 Å². The number of rotatable bonds is 7. The Bertz CT molecular complexity index is 1740. The molecule has 194 valence electrons. The third-order valence-corrected chi connectivity index (χ3v) is 7.49. The molecule has 0 saturated heterocycles. The quantitative estimate of drug-likeness (QED) is 0.333. The maximum absolute atomic E-state index is 14.0. The van der Waals surface area contributed by atoms with Crippen molar-refractivity contribution in [1.29, 1.82) is 0 Å². The normalized spacial score (nSPS) is 15.3. The van der Waals surface area contributed by atoms with E-state index in [1.165, 1.54) is 18.4 Å². The lowest BCUT2D eigenvalue weighted by Gasteiger charge is -2.26. The first-order valence-electron chi connectivity index (χ1n) is 12.4. The lowest BCUT2D eigenvalue weighted by molar-refractivity contribution is -0.136. The second-order valence-electron chi connectivity index (χ2n) is 8.87. The van der Waals surface area contributed by atoms with Gasteiger partial charge in [-0.15, -0.1) is 0 Å². The van der Waals surface area contributed by atoms with E-state index in [-0.39, 0.29) is 11.1 Å². The third kappa shape index (κ3) is 4.41. The number of hydrogen-bond acceptors (Lipinski definition) is 7. The van der Waals surface area contributed by atoms with Crippen LogP contribution in [0.3, 0.4) is 0 Å². The molecule has 0 saturated carbocycles. The molecule has 1 aliphatic heterocycles. The number of hydrogen-bond donors (Lipinski definition) is 0. The number of methoxy groups -OCH3 is 2. The van der Waals surface area contributed by atoms with Crippen LogP contribution in [0.5, 0.6) is 11.5 Å². The molecule has 2 heterocycles. The van der Waals surface area contributed by atoms with Crippen LogP contribution in [0, 0.1) is 0 Å². The van der Waals surface area contributed by atoms with Gasteiger partial charge < -0.3 is 14.2 Å². The van der Waals surface area contributed by atoms with Crippen molar-refractivity contribution in [2.24, 2.45) is 4.99 Å². The van der Waals surface area contributed by atoms with Crippen molar-refractivity contribution in [2.45, 2.75) is 26.3 Å². The monoisotopic (exact) mass is 528 g/mol. The molecule has 7 nitrogen and oxygen atoms in total. The predicted molar refractivity (Wildman–Crippen MR) is 149 cm³/mol. The molecule has 0 bridgehead atoms. The minimum absolute atomic E-state index is 0.246. The van der Waals surface area contributed by atoms with Gasteiger partial charge in [0, 0.05) is 5.56 Å². The third-order valence-electron chi connectivity index (χ3n) is 6.51. The molecular formula is C30H28N2O5S. The molecule has 4 aromatic rings. The summed E-state index contributed by atoms with van der Waals surface area (Å²) in [6, 6.07) is 18.7. The number of fused-ring (bicyclic) bond motifs is 2. The predicted octanol–water partition coefficient (Wildman–Crippen LogP) is 4.36. The highest BCUT2D eigenvalue weighted by molar-refractivity contribution is 7.07. The molecule has 0 radical (unpaired) electrons. The highest BCUT2D eigenvalue weighted by Crippen LogP contribution is 2.40. The fraction of sp³-hybridized carbons (Fsp3) is 0.233. The maximum Gasteiger partial charge on any atom is 0.338 e. The van der Waals surface area contributed by atoms with Gasteiger partial charge in [0.1, 0.15) is 6.04 Å². The molecule has 0 amide bonds. The maximum atomic E-state index is 14.0. The summed E-state index contributed by atoms with van der Waals surface area (Å²) in [7, 11) is 2.89. The number of esters is 1. The van der Waals surface area contributed by atoms with Crippen LogP contribution in [0.25, 0.3) is 16.8 Å². The zero-order chi connectivity index (χ0) is 26.8. The number of carbonyl (C=O) groups excluding carboxylic acids is 1. The van der Waals surface area contributed by atoms with Crippen LogP contribution in [0.1, 0.15) is 37.4 Å². The zero-order valence-electron chi connectivity index (χ0n) is 21.7. The van der Waals surface area contributed by atoms with E-state index in [0.29, 0.717) is 38.7 Å². The number of thiazole rings is 1. The van der Waals surface area contributed by atoms with Gasteiger partial charge in [-0.1, -0.05) is 72.9 Å². The van der Waals surface area contributed by atoms with E-state index in [2.05, 4.69) is 4.99 Å². The summed E-state index contributed by atoms with van der Waals surface area (Å²) in [5, 5.41) is 2.14. The van der Waals surface area contributed by atoms with Crippen LogP contribution in [0.4, 0.5) is 0 Å². The molecule has 1 aliphatic rings. The van der Waals surface area contributed by atoms with Crippen LogP contribution < -0.4 is 24.4 Å². The smallest absolute Gasteiger partial charge is 0.338 e. The fourth-order valence-corrected chi connectivity index (χ4v) is 5.81. The molecule has 1 aromatic heterocycles. The first kappa shape index (κ1) is 25.5. The van der Waals surface area contributed by atoms with E-state index < -0.39 is 12.0 Å². The van der Waals surface area contributed by atoms with Crippen molar-refractivity contribution in [3.8, 4) is 11.5 Å². The number of para-hydroxylation sites is 1. The molecule has 38 heavy (non-hydrogen) atoms. The summed E-state index contributed by atoms with van der Waals surface area (Å²) < 4.78 is 18.9. The van der Waals surface area contributed by atoms with E-state index in [1.54, 1.807) is 24.7 Å². The van der Waals surface area contributed by atoms with Gasteiger partial charge in [0.15, 0.2) is 16.3 Å². The summed E-state index contributed by atoms with van der Waals surface area (Å²) >= 11 is 1.29. The Morgan fingerprint density at radius 3 is 2.61 bits per heavy atom. The van der Waals surface area contributed by atoms with Gasteiger partial charge in [-0.05, 0) is 41.8 Å². The Kier molecular flexibility index (Phi) is 7.15. The Hall–Kier alpha value is -4.17.